The molecule has 88 valence electrons. The van der Waals surface area contributed by atoms with Crippen LogP contribution in [0.2, 0.25) is 0 Å². The maximum atomic E-state index is 14.0. The van der Waals surface area contributed by atoms with E-state index in [0.29, 0.717) is 5.56 Å². The standard InChI is InChI=1S/C13H17F2N/c1-8-4-5-9(14)10(11(8)15)13(7-16)6-12(13,2)3/h4-5H,6-7,16H2,1-3H3. The van der Waals surface area contributed by atoms with Gasteiger partial charge in [-0.3, -0.25) is 0 Å². The fraction of sp³-hybridized carbons (Fsp3) is 0.538. The number of benzene rings is 1. The summed E-state index contributed by atoms with van der Waals surface area (Å²) in [5.41, 5.74) is 5.76. The van der Waals surface area contributed by atoms with Crippen molar-refractivity contribution < 1.29 is 8.78 Å². The van der Waals surface area contributed by atoms with Crippen molar-refractivity contribution in [2.24, 2.45) is 11.1 Å². The van der Waals surface area contributed by atoms with Crippen LogP contribution >= 0.6 is 0 Å². The van der Waals surface area contributed by atoms with E-state index in [2.05, 4.69) is 0 Å². The Bertz CT molecular complexity index is 440. The van der Waals surface area contributed by atoms with E-state index in [1.807, 2.05) is 13.8 Å². The Morgan fingerprint density at radius 3 is 2.31 bits per heavy atom. The van der Waals surface area contributed by atoms with Gasteiger partial charge < -0.3 is 5.73 Å². The van der Waals surface area contributed by atoms with E-state index >= 15 is 0 Å². The largest absolute Gasteiger partial charge is 0.330 e. The minimum atomic E-state index is -0.521. The van der Waals surface area contributed by atoms with E-state index in [-0.39, 0.29) is 17.5 Å². The number of aryl methyl sites for hydroxylation is 1. The van der Waals surface area contributed by atoms with Crippen LogP contribution < -0.4 is 5.73 Å². The average molecular weight is 225 g/mol. The van der Waals surface area contributed by atoms with Crippen molar-refractivity contribution in [3.8, 4) is 0 Å². The second kappa shape index (κ2) is 3.27. The number of hydrogen-bond donors (Lipinski definition) is 1. The topological polar surface area (TPSA) is 26.0 Å². The molecule has 1 atom stereocenters. The van der Waals surface area contributed by atoms with Gasteiger partial charge in [0.05, 0.1) is 0 Å². The second-order valence-electron chi connectivity index (χ2n) is 5.40. The molecular weight excluding hydrogens is 208 g/mol. The maximum absolute atomic E-state index is 14.0. The Labute approximate surface area is 94.7 Å². The highest BCUT2D eigenvalue weighted by atomic mass is 19.1. The summed E-state index contributed by atoms with van der Waals surface area (Å²) in [5.74, 6) is -0.907. The van der Waals surface area contributed by atoms with Crippen LogP contribution in [0.25, 0.3) is 0 Å². The predicted octanol–water partition coefficient (Wildman–Crippen LogP) is 2.90. The lowest BCUT2D eigenvalue weighted by Gasteiger charge is -2.21. The third kappa shape index (κ3) is 1.31. The molecule has 2 rings (SSSR count). The summed E-state index contributed by atoms with van der Waals surface area (Å²) in [7, 11) is 0. The molecule has 1 aromatic rings. The molecule has 0 radical (unpaired) electrons. The smallest absolute Gasteiger partial charge is 0.132 e. The third-order valence-electron chi connectivity index (χ3n) is 4.03. The molecule has 0 amide bonds. The molecule has 1 fully saturated rings. The van der Waals surface area contributed by atoms with Crippen molar-refractivity contribution in [2.45, 2.75) is 32.6 Å². The van der Waals surface area contributed by atoms with Crippen LogP contribution in [-0.2, 0) is 5.41 Å². The number of halogens is 2. The number of hydrogen-bond acceptors (Lipinski definition) is 1. The van der Waals surface area contributed by atoms with E-state index in [9.17, 15) is 8.78 Å². The molecule has 0 spiro atoms. The Hall–Kier alpha value is -0.960. The quantitative estimate of drug-likeness (QED) is 0.822. The molecule has 1 aliphatic rings. The zero-order valence-electron chi connectivity index (χ0n) is 9.90. The Morgan fingerprint density at radius 2 is 1.88 bits per heavy atom. The molecule has 1 aliphatic carbocycles. The zero-order valence-corrected chi connectivity index (χ0v) is 9.90. The lowest BCUT2D eigenvalue weighted by Crippen LogP contribution is -2.28. The molecule has 3 heteroatoms. The first-order chi connectivity index (χ1) is 7.35. The van der Waals surface area contributed by atoms with Gasteiger partial charge in [-0.1, -0.05) is 19.9 Å². The van der Waals surface area contributed by atoms with Gasteiger partial charge >= 0.3 is 0 Å². The van der Waals surface area contributed by atoms with Crippen LogP contribution in [0.1, 0.15) is 31.4 Å². The van der Waals surface area contributed by atoms with Gasteiger partial charge in [-0.25, -0.2) is 8.78 Å². The highest BCUT2D eigenvalue weighted by Gasteiger charge is 2.63. The molecule has 2 N–H and O–H groups in total. The van der Waals surface area contributed by atoms with Crippen LogP contribution in [0.15, 0.2) is 12.1 Å². The molecule has 16 heavy (non-hydrogen) atoms. The fourth-order valence-electron chi connectivity index (χ4n) is 2.68. The van der Waals surface area contributed by atoms with Crippen molar-refractivity contribution in [3.05, 3.63) is 34.9 Å². The molecule has 1 aromatic carbocycles. The molecule has 0 aliphatic heterocycles. The van der Waals surface area contributed by atoms with Gasteiger partial charge in [0.15, 0.2) is 0 Å². The Balaban J connectivity index is 2.61. The minimum absolute atomic E-state index is 0.114. The van der Waals surface area contributed by atoms with E-state index in [1.54, 1.807) is 6.92 Å². The molecule has 0 bridgehead atoms. The van der Waals surface area contributed by atoms with Gasteiger partial charge in [-0.05, 0) is 30.4 Å². The van der Waals surface area contributed by atoms with Crippen LogP contribution in [0, 0.1) is 24.0 Å². The predicted molar refractivity (Wildman–Crippen MR) is 60.2 cm³/mol. The molecule has 0 heterocycles. The van der Waals surface area contributed by atoms with Crippen LogP contribution in [-0.4, -0.2) is 6.54 Å². The fourth-order valence-corrected chi connectivity index (χ4v) is 2.68. The van der Waals surface area contributed by atoms with Crippen molar-refractivity contribution in [1.29, 1.82) is 0 Å². The van der Waals surface area contributed by atoms with Gasteiger partial charge in [0, 0.05) is 17.5 Å². The lowest BCUT2D eigenvalue weighted by molar-refractivity contribution is 0.447. The molecule has 0 aromatic heterocycles. The van der Waals surface area contributed by atoms with Crippen LogP contribution in [0.4, 0.5) is 8.78 Å². The summed E-state index contributed by atoms with van der Waals surface area (Å²) in [6.45, 7) is 5.94. The summed E-state index contributed by atoms with van der Waals surface area (Å²) in [4.78, 5) is 0. The SMILES string of the molecule is Cc1ccc(F)c(C2(CN)CC2(C)C)c1F. The van der Waals surface area contributed by atoms with Gasteiger partial charge in [-0.2, -0.15) is 0 Å². The lowest BCUT2D eigenvalue weighted by atomic mass is 9.86. The summed E-state index contributed by atoms with van der Waals surface area (Å²) < 4.78 is 27.8. The summed E-state index contributed by atoms with van der Waals surface area (Å²) >= 11 is 0. The van der Waals surface area contributed by atoms with E-state index < -0.39 is 17.0 Å². The molecular formula is C13H17F2N. The zero-order chi connectivity index (χ0) is 12.1. The van der Waals surface area contributed by atoms with E-state index in [1.165, 1.54) is 12.1 Å². The van der Waals surface area contributed by atoms with Gasteiger partial charge in [0.1, 0.15) is 11.6 Å². The summed E-state index contributed by atoms with van der Waals surface area (Å²) in [5, 5.41) is 0. The van der Waals surface area contributed by atoms with E-state index in [0.717, 1.165) is 6.42 Å². The van der Waals surface area contributed by atoms with Gasteiger partial charge in [-0.15, -0.1) is 0 Å². The van der Waals surface area contributed by atoms with Crippen molar-refractivity contribution >= 4 is 0 Å². The minimum Gasteiger partial charge on any atom is -0.330 e. The van der Waals surface area contributed by atoms with Crippen molar-refractivity contribution in [3.63, 3.8) is 0 Å². The number of rotatable bonds is 2. The summed E-state index contributed by atoms with van der Waals surface area (Å²) in [6, 6.07) is 2.80. The average Bonchev–Trinajstić information content (AvgIpc) is 2.77. The second-order valence-corrected chi connectivity index (χ2v) is 5.40. The van der Waals surface area contributed by atoms with Crippen molar-refractivity contribution in [1.82, 2.24) is 0 Å². The van der Waals surface area contributed by atoms with E-state index in [4.69, 9.17) is 5.73 Å². The highest BCUT2D eigenvalue weighted by Crippen LogP contribution is 2.64. The summed E-state index contributed by atoms with van der Waals surface area (Å²) in [6.07, 6.45) is 0.744. The third-order valence-corrected chi connectivity index (χ3v) is 4.03. The highest BCUT2D eigenvalue weighted by molar-refractivity contribution is 5.41. The first-order valence-electron chi connectivity index (χ1n) is 5.51. The first-order valence-corrected chi connectivity index (χ1v) is 5.51. The Morgan fingerprint density at radius 1 is 1.31 bits per heavy atom. The molecule has 0 saturated heterocycles. The number of nitrogens with two attached hydrogens (primary N) is 1. The Kier molecular flexibility index (Phi) is 2.35. The maximum Gasteiger partial charge on any atom is 0.132 e. The van der Waals surface area contributed by atoms with Crippen LogP contribution in [0.3, 0.4) is 0 Å². The normalized spacial score (nSPS) is 26.9. The first kappa shape index (κ1) is 11.5. The molecule has 1 saturated carbocycles. The van der Waals surface area contributed by atoms with Gasteiger partial charge in [0.25, 0.3) is 0 Å². The molecule has 1 unspecified atom stereocenters. The monoisotopic (exact) mass is 225 g/mol. The molecule has 1 nitrogen and oxygen atoms in total. The van der Waals surface area contributed by atoms with Gasteiger partial charge in [0.2, 0.25) is 0 Å². The van der Waals surface area contributed by atoms with Crippen LogP contribution in [0.5, 0.6) is 0 Å². The van der Waals surface area contributed by atoms with Crippen molar-refractivity contribution in [2.75, 3.05) is 6.54 Å².